The molecular formula is C33H54O9. The van der Waals surface area contributed by atoms with Gasteiger partial charge in [-0.2, -0.15) is 0 Å². The fourth-order valence-corrected chi connectivity index (χ4v) is 11.8. The van der Waals surface area contributed by atoms with Crippen LogP contribution in [0.1, 0.15) is 85.5 Å². The number of fused-ring (bicyclic) bond motifs is 7. The van der Waals surface area contributed by atoms with Gasteiger partial charge in [-0.05, 0) is 97.7 Å². The Bertz CT molecular complexity index is 1000. The summed E-state index contributed by atoms with van der Waals surface area (Å²) in [6.07, 6.45) is 1.75. The highest BCUT2D eigenvalue weighted by molar-refractivity contribution is 5.16. The SMILES string of the molecule is C[C@H]1CC[C@@]2(OC1)O[C@H]1C[C@H]3[C@@H]4C[C@H](O[C@@H]5O[C@H](CO)[C@@H](O)[C@H](O)[C@H]5O)[C@H]5C[C@@H](O)CC[C@]5(C)[C@H]4CC[C@]3(C)[C@H]1[C@@H]2C. The summed E-state index contributed by atoms with van der Waals surface area (Å²) >= 11 is 0. The van der Waals surface area contributed by atoms with Gasteiger partial charge < -0.3 is 44.5 Å². The molecule has 7 rings (SSSR count). The van der Waals surface area contributed by atoms with Crippen molar-refractivity contribution in [1.29, 1.82) is 0 Å². The number of ether oxygens (including phenoxy) is 4. The van der Waals surface area contributed by atoms with Gasteiger partial charge in [0.25, 0.3) is 0 Å². The van der Waals surface area contributed by atoms with Crippen LogP contribution < -0.4 is 0 Å². The maximum Gasteiger partial charge on any atom is 0.186 e. The normalized spacial score (nSPS) is 60.9. The van der Waals surface area contributed by atoms with Gasteiger partial charge in [-0.1, -0.05) is 27.7 Å². The molecule has 3 saturated heterocycles. The zero-order valence-electron chi connectivity index (χ0n) is 25.8. The number of rotatable bonds is 3. The van der Waals surface area contributed by atoms with Crippen molar-refractivity contribution in [2.45, 2.75) is 140 Å². The molecule has 9 nitrogen and oxygen atoms in total. The van der Waals surface area contributed by atoms with E-state index in [1.807, 2.05) is 0 Å². The number of aliphatic hydroxyl groups excluding tert-OH is 5. The van der Waals surface area contributed by atoms with Crippen molar-refractivity contribution in [3.8, 4) is 0 Å². The molecule has 3 heterocycles. The highest BCUT2D eigenvalue weighted by atomic mass is 16.7. The first-order valence-electron chi connectivity index (χ1n) is 16.9. The van der Waals surface area contributed by atoms with Gasteiger partial charge in [-0.3, -0.25) is 0 Å². The van der Waals surface area contributed by atoms with Gasteiger partial charge in [-0.25, -0.2) is 0 Å². The van der Waals surface area contributed by atoms with Crippen molar-refractivity contribution in [3.05, 3.63) is 0 Å². The molecule has 240 valence electrons. The third-order valence-electron chi connectivity index (χ3n) is 14.1. The lowest BCUT2D eigenvalue weighted by Gasteiger charge is -2.63. The molecule has 7 aliphatic rings. The molecule has 0 unspecified atom stereocenters. The smallest absolute Gasteiger partial charge is 0.186 e. The lowest BCUT2D eigenvalue weighted by atomic mass is 9.43. The van der Waals surface area contributed by atoms with E-state index in [1.54, 1.807) is 0 Å². The summed E-state index contributed by atoms with van der Waals surface area (Å²) in [6.45, 7) is 9.83. The third-order valence-corrected chi connectivity index (χ3v) is 14.1. The summed E-state index contributed by atoms with van der Waals surface area (Å²) in [5.74, 6) is 2.47. The van der Waals surface area contributed by atoms with Crippen LogP contribution in [0.15, 0.2) is 0 Å². The summed E-state index contributed by atoms with van der Waals surface area (Å²) in [6, 6.07) is 0. The Labute approximate surface area is 250 Å². The number of aliphatic hydroxyl groups is 5. The van der Waals surface area contributed by atoms with Crippen molar-refractivity contribution in [1.82, 2.24) is 0 Å². The molecule has 0 radical (unpaired) electrons. The topological polar surface area (TPSA) is 138 Å². The van der Waals surface area contributed by atoms with Crippen molar-refractivity contribution in [2.75, 3.05) is 13.2 Å². The minimum Gasteiger partial charge on any atom is -0.394 e. The number of hydrogen-bond acceptors (Lipinski definition) is 9. The average Bonchev–Trinajstić information content (AvgIpc) is 3.41. The molecule has 3 aliphatic heterocycles. The second-order valence-electron chi connectivity index (χ2n) is 16.0. The standard InChI is InChI=1S/C33H54O9/c1-16-5-10-33(39-15-16)17(2)26-24(42-33)13-21-19-12-23(40-30-29(38)28(37)27(36)25(14-34)41-30)22-11-18(35)6-8-31(22,3)20(19)7-9-32(21,26)4/h16-30,34-38H,5-15H2,1-4H3/t16-,17-,18-,19+,20-,21-,22+,23-,24-,25+,26-,27+,28-,29+,30+,31+,32-,33+/m0/s1. The first-order chi connectivity index (χ1) is 19.9. The third kappa shape index (κ3) is 4.35. The molecule has 0 aromatic heterocycles. The molecule has 0 amide bonds. The number of hydrogen-bond donors (Lipinski definition) is 5. The Kier molecular flexibility index (Phi) is 7.64. The molecule has 42 heavy (non-hydrogen) atoms. The van der Waals surface area contributed by atoms with E-state index < -0.39 is 43.1 Å². The molecule has 0 aromatic carbocycles. The first kappa shape index (κ1) is 30.3. The first-order valence-corrected chi connectivity index (χ1v) is 16.9. The van der Waals surface area contributed by atoms with Gasteiger partial charge in [0.05, 0.1) is 31.5 Å². The Morgan fingerprint density at radius 3 is 2.29 bits per heavy atom. The van der Waals surface area contributed by atoms with Crippen LogP contribution in [-0.2, 0) is 18.9 Å². The summed E-state index contributed by atoms with van der Waals surface area (Å²) in [7, 11) is 0. The van der Waals surface area contributed by atoms with Gasteiger partial charge >= 0.3 is 0 Å². The van der Waals surface area contributed by atoms with Crippen LogP contribution in [0.5, 0.6) is 0 Å². The predicted octanol–water partition coefficient (Wildman–Crippen LogP) is 2.59. The Morgan fingerprint density at radius 1 is 0.810 bits per heavy atom. The second kappa shape index (κ2) is 10.6. The minimum atomic E-state index is -1.47. The van der Waals surface area contributed by atoms with Crippen LogP contribution in [0.4, 0.5) is 0 Å². The molecule has 18 atom stereocenters. The van der Waals surface area contributed by atoms with E-state index in [0.29, 0.717) is 41.9 Å². The minimum absolute atomic E-state index is 0.0176. The molecule has 0 bridgehead atoms. The monoisotopic (exact) mass is 594 g/mol. The molecule has 9 heteroatoms. The van der Waals surface area contributed by atoms with Crippen LogP contribution >= 0.6 is 0 Å². The van der Waals surface area contributed by atoms with Gasteiger partial charge in [0, 0.05) is 12.3 Å². The Balaban J connectivity index is 1.17. The zero-order chi connectivity index (χ0) is 29.8. The zero-order valence-corrected chi connectivity index (χ0v) is 25.8. The molecule has 0 aromatic rings. The van der Waals surface area contributed by atoms with E-state index in [-0.39, 0.29) is 35.1 Å². The predicted molar refractivity (Wildman–Crippen MR) is 152 cm³/mol. The van der Waals surface area contributed by atoms with E-state index in [1.165, 1.54) is 6.42 Å². The summed E-state index contributed by atoms with van der Waals surface area (Å²) in [4.78, 5) is 0. The van der Waals surface area contributed by atoms with E-state index in [9.17, 15) is 25.5 Å². The summed E-state index contributed by atoms with van der Waals surface area (Å²) < 4.78 is 25.9. The van der Waals surface area contributed by atoms with Crippen LogP contribution in [0.2, 0.25) is 0 Å². The van der Waals surface area contributed by atoms with Crippen LogP contribution in [0.25, 0.3) is 0 Å². The van der Waals surface area contributed by atoms with Crippen LogP contribution in [0.3, 0.4) is 0 Å². The summed E-state index contributed by atoms with van der Waals surface area (Å²) in [5.41, 5.74) is 0.128. The van der Waals surface area contributed by atoms with Gasteiger partial charge in [0.1, 0.15) is 24.4 Å². The molecule has 4 aliphatic carbocycles. The van der Waals surface area contributed by atoms with E-state index in [0.717, 1.165) is 51.6 Å². The Morgan fingerprint density at radius 2 is 1.57 bits per heavy atom. The molecular weight excluding hydrogens is 540 g/mol. The van der Waals surface area contributed by atoms with Crippen molar-refractivity contribution < 1.29 is 44.5 Å². The molecule has 5 N–H and O–H groups in total. The van der Waals surface area contributed by atoms with E-state index in [2.05, 4.69) is 27.7 Å². The lowest BCUT2D eigenvalue weighted by Crippen LogP contribution is -2.63. The maximum absolute atomic E-state index is 10.8. The van der Waals surface area contributed by atoms with E-state index >= 15 is 0 Å². The van der Waals surface area contributed by atoms with Gasteiger partial charge in [-0.15, -0.1) is 0 Å². The van der Waals surface area contributed by atoms with Gasteiger partial charge in [0.15, 0.2) is 12.1 Å². The fourth-order valence-electron chi connectivity index (χ4n) is 11.8. The van der Waals surface area contributed by atoms with Crippen molar-refractivity contribution >= 4 is 0 Å². The van der Waals surface area contributed by atoms with Crippen molar-refractivity contribution in [2.24, 2.45) is 52.3 Å². The molecule has 4 saturated carbocycles. The van der Waals surface area contributed by atoms with Crippen LogP contribution in [0, 0.1) is 52.3 Å². The quantitative estimate of drug-likeness (QED) is 0.312. The van der Waals surface area contributed by atoms with E-state index in [4.69, 9.17) is 18.9 Å². The molecule has 1 spiro atoms. The Hall–Kier alpha value is -0.360. The van der Waals surface area contributed by atoms with Crippen molar-refractivity contribution in [3.63, 3.8) is 0 Å². The maximum atomic E-state index is 10.8. The lowest BCUT2D eigenvalue weighted by molar-refractivity contribution is -0.328. The largest absolute Gasteiger partial charge is 0.394 e. The fraction of sp³-hybridized carbons (Fsp3) is 1.00. The van der Waals surface area contributed by atoms with Gasteiger partial charge in [0.2, 0.25) is 0 Å². The van der Waals surface area contributed by atoms with Crippen LogP contribution in [-0.4, -0.2) is 93.6 Å². The molecule has 7 fully saturated rings. The highest BCUT2D eigenvalue weighted by Gasteiger charge is 2.70. The highest BCUT2D eigenvalue weighted by Crippen LogP contribution is 2.71. The second-order valence-corrected chi connectivity index (χ2v) is 16.0. The average molecular weight is 595 g/mol. The summed E-state index contributed by atoms with van der Waals surface area (Å²) in [5, 5.41) is 52.2.